The maximum Gasteiger partial charge on any atom is 0.227 e. The molecule has 0 atom stereocenters. The molecule has 4 rings (SSSR count). The van der Waals surface area contributed by atoms with E-state index in [1.54, 1.807) is 0 Å². The molecule has 28 heavy (non-hydrogen) atoms. The summed E-state index contributed by atoms with van der Waals surface area (Å²) in [5.74, 6) is 2.34. The van der Waals surface area contributed by atoms with Gasteiger partial charge in [0.15, 0.2) is 0 Å². The largest absolute Gasteiger partial charge is 0.327 e. The third kappa shape index (κ3) is 4.24. The van der Waals surface area contributed by atoms with Crippen LogP contribution in [0.3, 0.4) is 0 Å². The molecule has 1 saturated heterocycles. The van der Waals surface area contributed by atoms with E-state index in [0.717, 1.165) is 62.0 Å². The highest BCUT2D eigenvalue weighted by molar-refractivity contribution is 5.94. The standard InChI is InChI=1S/C23H34N4O/c1-3-27-21-10-9-19(24-23(28)18-7-5-4-6-8-18)15-20(21)25-22(27)16-26-13-11-17(2)12-14-26/h9-10,15,17-18H,3-8,11-14,16H2,1-2H3,(H,24,28). The maximum absolute atomic E-state index is 12.6. The number of aromatic nitrogens is 2. The number of nitrogens with zero attached hydrogens (tertiary/aromatic N) is 3. The lowest BCUT2D eigenvalue weighted by atomic mass is 9.88. The van der Waals surface area contributed by atoms with Gasteiger partial charge in [-0.1, -0.05) is 26.2 Å². The molecule has 2 aliphatic rings. The van der Waals surface area contributed by atoms with Crippen LogP contribution < -0.4 is 5.32 Å². The number of hydrogen-bond acceptors (Lipinski definition) is 3. The van der Waals surface area contributed by atoms with Crippen LogP contribution in [0.2, 0.25) is 0 Å². The summed E-state index contributed by atoms with van der Waals surface area (Å²) in [6.45, 7) is 8.69. The molecule has 0 unspecified atom stereocenters. The van der Waals surface area contributed by atoms with Crippen LogP contribution in [0.25, 0.3) is 11.0 Å². The summed E-state index contributed by atoms with van der Waals surface area (Å²) in [7, 11) is 0. The first-order valence-electron chi connectivity index (χ1n) is 11.2. The van der Waals surface area contributed by atoms with Crippen molar-refractivity contribution in [3.8, 4) is 0 Å². The molecule has 5 heteroatoms. The Morgan fingerprint density at radius 3 is 2.61 bits per heavy atom. The summed E-state index contributed by atoms with van der Waals surface area (Å²) in [5, 5.41) is 3.14. The lowest BCUT2D eigenvalue weighted by Crippen LogP contribution is -2.33. The second-order valence-corrected chi connectivity index (χ2v) is 8.76. The molecule has 5 nitrogen and oxygen atoms in total. The first-order valence-corrected chi connectivity index (χ1v) is 11.2. The van der Waals surface area contributed by atoms with E-state index in [9.17, 15) is 4.79 Å². The number of carbonyl (C=O) groups excluding carboxylic acids is 1. The number of likely N-dealkylation sites (tertiary alicyclic amines) is 1. The number of piperidine rings is 1. The van der Waals surface area contributed by atoms with Crippen LogP contribution in [0.5, 0.6) is 0 Å². The van der Waals surface area contributed by atoms with E-state index in [1.165, 1.54) is 37.6 Å². The molecular weight excluding hydrogens is 348 g/mol. The summed E-state index contributed by atoms with van der Waals surface area (Å²) in [5.41, 5.74) is 3.03. The van der Waals surface area contributed by atoms with E-state index >= 15 is 0 Å². The molecule has 0 bridgehead atoms. The van der Waals surface area contributed by atoms with Gasteiger partial charge in [0.25, 0.3) is 0 Å². The van der Waals surface area contributed by atoms with Crippen molar-refractivity contribution in [2.24, 2.45) is 11.8 Å². The summed E-state index contributed by atoms with van der Waals surface area (Å²) >= 11 is 0. The molecule has 1 aromatic heterocycles. The fourth-order valence-corrected chi connectivity index (χ4v) is 4.76. The number of anilines is 1. The first-order chi connectivity index (χ1) is 13.6. The fourth-order valence-electron chi connectivity index (χ4n) is 4.76. The second-order valence-electron chi connectivity index (χ2n) is 8.76. The Balaban J connectivity index is 1.50. The number of fused-ring (bicyclic) bond motifs is 1. The van der Waals surface area contributed by atoms with Crippen molar-refractivity contribution in [1.29, 1.82) is 0 Å². The van der Waals surface area contributed by atoms with Crippen LogP contribution in [0, 0.1) is 11.8 Å². The molecule has 2 heterocycles. The third-order valence-electron chi connectivity index (χ3n) is 6.63. The van der Waals surface area contributed by atoms with Gasteiger partial charge in [-0.3, -0.25) is 9.69 Å². The molecule has 1 aliphatic carbocycles. The van der Waals surface area contributed by atoms with Crippen LogP contribution in [0.1, 0.15) is 64.6 Å². The molecule has 152 valence electrons. The Labute approximate surface area is 168 Å². The van der Waals surface area contributed by atoms with Gasteiger partial charge in [-0.05, 0) is 69.8 Å². The predicted molar refractivity (Wildman–Crippen MR) is 114 cm³/mol. The molecular formula is C23H34N4O. The summed E-state index contributed by atoms with van der Waals surface area (Å²) in [6, 6.07) is 6.19. The van der Waals surface area contributed by atoms with Gasteiger partial charge in [-0.25, -0.2) is 4.98 Å². The van der Waals surface area contributed by atoms with E-state index in [1.807, 2.05) is 12.1 Å². The number of hydrogen-bond donors (Lipinski definition) is 1. The van der Waals surface area contributed by atoms with Gasteiger partial charge < -0.3 is 9.88 Å². The van der Waals surface area contributed by atoms with Crippen LogP contribution in [0.4, 0.5) is 5.69 Å². The van der Waals surface area contributed by atoms with Crippen LogP contribution >= 0.6 is 0 Å². The van der Waals surface area contributed by atoms with Gasteiger partial charge in [0.05, 0.1) is 17.6 Å². The van der Waals surface area contributed by atoms with Crippen LogP contribution in [0.15, 0.2) is 18.2 Å². The summed E-state index contributed by atoms with van der Waals surface area (Å²) in [4.78, 5) is 20.1. The van der Waals surface area contributed by atoms with Crippen LogP contribution in [-0.2, 0) is 17.9 Å². The summed E-state index contributed by atoms with van der Waals surface area (Å²) < 4.78 is 2.32. The van der Waals surface area contributed by atoms with E-state index in [0.29, 0.717) is 0 Å². The van der Waals surface area contributed by atoms with Crippen molar-refractivity contribution >= 4 is 22.6 Å². The highest BCUT2D eigenvalue weighted by Gasteiger charge is 2.22. The van der Waals surface area contributed by atoms with E-state index in [-0.39, 0.29) is 11.8 Å². The maximum atomic E-state index is 12.6. The van der Waals surface area contributed by atoms with Crippen molar-refractivity contribution in [2.75, 3.05) is 18.4 Å². The topological polar surface area (TPSA) is 50.2 Å². The Morgan fingerprint density at radius 1 is 1.14 bits per heavy atom. The normalized spacial score (nSPS) is 19.9. The van der Waals surface area contributed by atoms with E-state index in [2.05, 4.69) is 34.7 Å². The van der Waals surface area contributed by atoms with Gasteiger partial charge >= 0.3 is 0 Å². The molecule has 1 aliphatic heterocycles. The van der Waals surface area contributed by atoms with Crippen LogP contribution in [-0.4, -0.2) is 33.4 Å². The van der Waals surface area contributed by atoms with Gasteiger partial charge in [-0.2, -0.15) is 0 Å². The van der Waals surface area contributed by atoms with Gasteiger partial charge in [0, 0.05) is 18.2 Å². The molecule has 1 aromatic carbocycles. The fraction of sp³-hybridized carbons (Fsp3) is 0.652. The number of rotatable bonds is 5. The lowest BCUT2D eigenvalue weighted by Gasteiger charge is -2.29. The highest BCUT2D eigenvalue weighted by Crippen LogP contribution is 2.27. The van der Waals surface area contributed by atoms with E-state index in [4.69, 9.17) is 4.98 Å². The van der Waals surface area contributed by atoms with Crippen molar-refractivity contribution in [2.45, 2.75) is 71.9 Å². The van der Waals surface area contributed by atoms with Gasteiger partial charge in [-0.15, -0.1) is 0 Å². The van der Waals surface area contributed by atoms with Gasteiger partial charge in [0.2, 0.25) is 5.91 Å². The Hall–Kier alpha value is -1.88. The number of carbonyl (C=O) groups is 1. The SMILES string of the molecule is CCn1c(CN2CCC(C)CC2)nc2cc(NC(=O)C3CCCCC3)ccc21. The molecule has 1 amide bonds. The monoisotopic (exact) mass is 382 g/mol. The van der Waals surface area contributed by atoms with Crippen molar-refractivity contribution in [1.82, 2.24) is 14.5 Å². The second kappa shape index (κ2) is 8.64. The smallest absolute Gasteiger partial charge is 0.227 e. The Kier molecular flexibility index (Phi) is 6.00. The molecule has 2 fully saturated rings. The molecule has 1 saturated carbocycles. The zero-order chi connectivity index (χ0) is 19.5. The minimum Gasteiger partial charge on any atom is -0.327 e. The minimum atomic E-state index is 0.176. The van der Waals surface area contributed by atoms with Crippen molar-refractivity contribution in [3.05, 3.63) is 24.0 Å². The molecule has 2 aromatic rings. The summed E-state index contributed by atoms with van der Waals surface area (Å²) in [6.07, 6.45) is 8.23. The lowest BCUT2D eigenvalue weighted by molar-refractivity contribution is -0.120. The number of amides is 1. The Morgan fingerprint density at radius 2 is 1.89 bits per heavy atom. The van der Waals surface area contributed by atoms with Crippen molar-refractivity contribution < 1.29 is 4.79 Å². The zero-order valence-electron chi connectivity index (χ0n) is 17.4. The molecule has 0 spiro atoms. The predicted octanol–water partition coefficient (Wildman–Crippen LogP) is 4.81. The average molecular weight is 383 g/mol. The van der Waals surface area contributed by atoms with Gasteiger partial charge in [0.1, 0.15) is 5.82 Å². The number of imidazole rings is 1. The molecule has 0 radical (unpaired) electrons. The zero-order valence-corrected chi connectivity index (χ0v) is 17.4. The minimum absolute atomic E-state index is 0.176. The van der Waals surface area contributed by atoms with E-state index < -0.39 is 0 Å². The Bertz CT molecular complexity index is 813. The quantitative estimate of drug-likeness (QED) is 0.807. The molecule has 1 N–H and O–H groups in total. The number of benzene rings is 1. The first kappa shape index (κ1) is 19.4. The third-order valence-corrected chi connectivity index (χ3v) is 6.63. The number of aryl methyl sites for hydroxylation is 1. The number of nitrogens with one attached hydrogen (secondary N) is 1. The van der Waals surface area contributed by atoms with Crippen molar-refractivity contribution in [3.63, 3.8) is 0 Å². The average Bonchev–Trinajstić information content (AvgIpc) is 3.06. The highest BCUT2D eigenvalue weighted by atomic mass is 16.1.